The normalized spacial score (nSPS) is 0. The average Bonchev–Trinajstić information content (AvgIpc) is 0. The summed E-state index contributed by atoms with van der Waals surface area (Å²) in [6.45, 7) is 0. The number of rotatable bonds is 0. The summed E-state index contributed by atoms with van der Waals surface area (Å²) in [5, 5.41) is 0. The topological polar surface area (TPSA) is 0 Å². The molecule has 0 rings (SSSR count). The van der Waals surface area contributed by atoms with Gasteiger partial charge in [-0.2, -0.15) is 0 Å². The van der Waals surface area contributed by atoms with Gasteiger partial charge in [-0.05, 0) is 0 Å². The zero-order chi connectivity index (χ0) is 0. The van der Waals surface area contributed by atoms with E-state index >= 15 is 0 Å². The Balaban J connectivity index is 0. The zero-order valence-electron chi connectivity index (χ0n) is 0.333. The molecular weight excluding hydrogens is 135 g/mol. The summed E-state index contributed by atoms with van der Waals surface area (Å²) in [7, 11) is 0. The Morgan fingerprint density at radius 1 is 0.500 bits per heavy atom. The second-order valence-corrected chi connectivity index (χ2v) is 0. The summed E-state index contributed by atoms with van der Waals surface area (Å²) < 4.78 is 0. The second-order valence-electron chi connectivity index (χ2n) is 0. The van der Waals surface area contributed by atoms with Crippen LogP contribution in [0.5, 0.6) is 0 Å². The van der Waals surface area contributed by atoms with Crippen molar-refractivity contribution in [3.63, 3.8) is 0 Å². The SMILES string of the molecule is [BH4-].[BH4-].[BH4-].[Rh+3]. The molecule has 0 heterocycles. The van der Waals surface area contributed by atoms with E-state index in [2.05, 4.69) is 0 Å². The summed E-state index contributed by atoms with van der Waals surface area (Å²) in [4.78, 5) is 0. The van der Waals surface area contributed by atoms with Crippen molar-refractivity contribution in [3.8, 4) is 0 Å². The number of hydrogen-bond donors (Lipinski definition) is 0. The van der Waals surface area contributed by atoms with Crippen LogP contribution < -0.4 is 0 Å². The molecule has 0 aromatic rings. The molecule has 0 saturated carbocycles. The molecular formula is H12B3Rh. The van der Waals surface area contributed by atoms with E-state index in [0.717, 1.165) is 0 Å². The third-order valence-electron chi connectivity index (χ3n) is 0. The molecule has 0 spiro atoms. The molecule has 30 valence electrons. The fourth-order valence-corrected chi connectivity index (χ4v) is 0. The van der Waals surface area contributed by atoms with Crippen molar-refractivity contribution in [2.24, 2.45) is 0 Å². The molecule has 0 amide bonds. The van der Waals surface area contributed by atoms with Crippen molar-refractivity contribution in [2.75, 3.05) is 0 Å². The predicted octanol–water partition coefficient (Wildman–Crippen LogP) is -4.36. The molecule has 0 aliphatic heterocycles. The van der Waals surface area contributed by atoms with Crippen LogP contribution in [0.4, 0.5) is 0 Å². The minimum absolute atomic E-state index is 0. The first-order valence-electron chi connectivity index (χ1n) is 0. The average molecular weight is 147 g/mol. The molecule has 4 heavy (non-hydrogen) atoms. The summed E-state index contributed by atoms with van der Waals surface area (Å²) in [5.74, 6) is 0. The number of hydrogen-bond acceptors (Lipinski definition) is 0. The molecule has 0 nitrogen and oxygen atoms in total. The summed E-state index contributed by atoms with van der Waals surface area (Å²) in [6, 6.07) is 0. The monoisotopic (exact) mass is 148 g/mol. The van der Waals surface area contributed by atoms with E-state index in [1.54, 1.807) is 0 Å². The van der Waals surface area contributed by atoms with Gasteiger partial charge in [-0.3, -0.25) is 0 Å². The van der Waals surface area contributed by atoms with E-state index in [1.807, 2.05) is 0 Å². The Morgan fingerprint density at radius 2 is 0.500 bits per heavy atom. The van der Waals surface area contributed by atoms with Crippen molar-refractivity contribution in [2.45, 2.75) is 0 Å². The fraction of sp³-hybridized carbons (Fsp3) is 0. The van der Waals surface area contributed by atoms with E-state index in [-0.39, 0.29) is 44.7 Å². The minimum atomic E-state index is 0. The molecule has 4 heteroatoms. The van der Waals surface area contributed by atoms with Crippen LogP contribution in [0.3, 0.4) is 0 Å². The van der Waals surface area contributed by atoms with Gasteiger partial charge in [-0.15, -0.1) is 0 Å². The van der Waals surface area contributed by atoms with Gasteiger partial charge < -0.3 is 0 Å². The maximum absolute atomic E-state index is 0. The second kappa shape index (κ2) is 45.3. The molecule has 0 fully saturated rings. The van der Waals surface area contributed by atoms with Crippen LogP contribution in [0.25, 0.3) is 0 Å². The van der Waals surface area contributed by atoms with Crippen LogP contribution in [0.15, 0.2) is 0 Å². The Bertz CT molecular complexity index is 3.25. The van der Waals surface area contributed by atoms with Crippen LogP contribution in [-0.2, 0) is 19.5 Å². The van der Waals surface area contributed by atoms with Gasteiger partial charge in [0.2, 0.25) is 0 Å². The van der Waals surface area contributed by atoms with Gasteiger partial charge in [-0.25, -0.2) is 0 Å². The van der Waals surface area contributed by atoms with Crippen molar-refractivity contribution in [1.82, 2.24) is 0 Å². The van der Waals surface area contributed by atoms with Gasteiger partial charge in [-0.1, -0.05) is 25.2 Å². The Labute approximate surface area is 45.2 Å². The molecule has 0 aromatic carbocycles. The molecule has 0 unspecified atom stereocenters. The van der Waals surface area contributed by atoms with E-state index in [1.165, 1.54) is 0 Å². The Kier molecular flexibility index (Phi) is 1190. The third-order valence-corrected chi connectivity index (χ3v) is 0. The predicted molar refractivity (Wildman–Crippen MR) is 34.0 cm³/mol. The molecule has 0 aromatic heterocycles. The zero-order valence-corrected chi connectivity index (χ0v) is 1.97. The van der Waals surface area contributed by atoms with E-state index in [4.69, 9.17) is 0 Å². The van der Waals surface area contributed by atoms with Gasteiger partial charge in [0.25, 0.3) is 0 Å². The fourth-order valence-electron chi connectivity index (χ4n) is 0. The summed E-state index contributed by atoms with van der Waals surface area (Å²) in [6.07, 6.45) is 0. The maximum Gasteiger partial charge on any atom is 3.00 e. The molecule has 0 aliphatic rings. The van der Waals surface area contributed by atoms with Gasteiger partial charge in [0.1, 0.15) is 0 Å². The minimum Gasteiger partial charge on any atom is -0.0626 e. The van der Waals surface area contributed by atoms with Crippen molar-refractivity contribution < 1.29 is 19.5 Å². The first-order chi connectivity index (χ1) is 0. The molecule has 0 saturated heterocycles. The summed E-state index contributed by atoms with van der Waals surface area (Å²) in [5.41, 5.74) is 0. The Hall–Kier alpha value is 0.818. The van der Waals surface area contributed by atoms with Gasteiger partial charge in [0, 0.05) is 0 Å². The summed E-state index contributed by atoms with van der Waals surface area (Å²) >= 11 is 0. The van der Waals surface area contributed by atoms with Crippen LogP contribution in [0, 0.1) is 0 Å². The molecule has 0 radical (unpaired) electrons. The van der Waals surface area contributed by atoms with Crippen LogP contribution >= 0.6 is 0 Å². The van der Waals surface area contributed by atoms with Gasteiger partial charge in [0.05, 0.1) is 0 Å². The van der Waals surface area contributed by atoms with Crippen molar-refractivity contribution in [1.29, 1.82) is 0 Å². The van der Waals surface area contributed by atoms with E-state index < -0.39 is 0 Å². The van der Waals surface area contributed by atoms with Gasteiger partial charge >= 0.3 is 19.5 Å². The molecule has 0 bridgehead atoms. The van der Waals surface area contributed by atoms with Gasteiger partial charge in [0.15, 0.2) is 0 Å². The van der Waals surface area contributed by atoms with Crippen molar-refractivity contribution in [3.05, 3.63) is 0 Å². The van der Waals surface area contributed by atoms with Crippen molar-refractivity contribution >= 4 is 25.2 Å². The largest absolute Gasteiger partial charge is 3.00 e. The first kappa shape index (κ1) is 105. The quantitative estimate of drug-likeness (QED) is 0.304. The molecule has 0 aliphatic carbocycles. The Morgan fingerprint density at radius 3 is 0.500 bits per heavy atom. The van der Waals surface area contributed by atoms with Crippen LogP contribution in [-0.4, -0.2) is 25.2 Å². The maximum atomic E-state index is 0. The van der Waals surface area contributed by atoms with Crippen LogP contribution in [0.2, 0.25) is 0 Å². The van der Waals surface area contributed by atoms with E-state index in [0.29, 0.717) is 0 Å². The first-order valence-corrected chi connectivity index (χ1v) is 0. The molecule has 0 N–H and O–H groups in total. The molecule has 0 atom stereocenters. The standard InChI is InChI=1S/3BH4.Rh/h3*1H4;/q3*-1;+3. The smallest absolute Gasteiger partial charge is 0.0626 e. The third kappa shape index (κ3) is 13.9. The van der Waals surface area contributed by atoms with Crippen LogP contribution in [0.1, 0.15) is 0 Å². The van der Waals surface area contributed by atoms with E-state index in [9.17, 15) is 0 Å².